The summed E-state index contributed by atoms with van der Waals surface area (Å²) in [6.07, 6.45) is 4.49. The second-order valence-electron chi connectivity index (χ2n) is 13.5. The van der Waals surface area contributed by atoms with Crippen LogP contribution in [0, 0.1) is 70.0 Å². The van der Waals surface area contributed by atoms with E-state index in [0.29, 0.717) is 41.5 Å². The van der Waals surface area contributed by atoms with Gasteiger partial charge in [0.2, 0.25) is 11.6 Å². The van der Waals surface area contributed by atoms with E-state index < -0.39 is 82.9 Å². The van der Waals surface area contributed by atoms with E-state index in [1.807, 2.05) is 27.7 Å². The largest absolute Gasteiger partial charge is 0.329 e. The Kier molecular flexibility index (Phi) is 12.9. The molecule has 2 aromatic carbocycles. The smallest absolute Gasteiger partial charge is 0.200 e. The van der Waals surface area contributed by atoms with Gasteiger partial charge >= 0.3 is 0 Å². The summed E-state index contributed by atoms with van der Waals surface area (Å²) in [4.78, 5) is -1.92. The highest BCUT2D eigenvalue weighted by atomic mass is 33.2. The van der Waals surface area contributed by atoms with Crippen molar-refractivity contribution >= 4 is 78.5 Å². The van der Waals surface area contributed by atoms with Crippen molar-refractivity contribution in [3.63, 3.8) is 0 Å². The minimum atomic E-state index is -2.93. The van der Waals surface area contributed by atoms with Crippen molar-refractivity contribution in [2.24, 2.45) is 11.8 Å². The molecule has 2 aliphatic carbocycles. The van der Waals surface area contributed by atoms with Crippen LogP contribution in [0.1, 0.15) is 66.2 Å². The molecule has 2 saturated carbocycles. The SMILES string of the molecule is C=C(C)[C@@H]1CC[C@]2(C)O[P@](=S)(Sc3c(F)c(F)c(F)c(F)c3F)S[C@H]2C1.C=C(C)[C@@H]1CC[C@]2(C)S[P@](=S)(Sc3c(F)c(F)c(F)c(F)c3F)O[C@H]2C1. The zero-order valence-corrected chi connectivity index (χ0v) is 34.6. The lowest BCUT2D eigenvalue weighted by Crippen LogP contribution is -2.40. The maximum absolute atomic E-state index is 14.0. The Hall–Kier alpha value is -0.160. The summed E-state index contributed by atoms with van der Waals surface area (Å²) in [5.74, 6) is -19.1. The number of halogens is 10. The Morgan fingerprint density at radius 2 is 1.08 bits per heavy atom. The average molecular weight is 893 g/mol. The topological polar surface area (TPSA) is 18.5 Å². The molecule has 2 saturated heterocycles. The maximum atomic E-state index is 14.0. The predicted octanol–water partition coefficient (Wildman–Crippen LogP) is 13.9. The molecule has 0 unspecified atom stereocenters. The van der Waals surface area contributed by atoms with Crippen molar-refractivity contribution in [1.82, 2.24) is 0 Å². The van der Waals surface area contributed by atoms with E-state index in [1.54, 1.807) is 0 Å². The molecule has 6 rings (SSSR count). The number of hydrogen-bond acceptors (Lipinski definition) is 8. The summed E-state index contributed by atoms with van der Waals surface area (Å²) >= 11 is 14.5. The minimum absolute atomic E-state index is 0.00227. The van der Waals surface area contributed by atoms with E-state index in [0.717, 1.165) is 36.8 Å². The van der Waals surface area contributed by atoms with Crippen LogP contribution in [0.2, 0.25) is 0 Å². The van der Waals surface area contributed by atoms with E-state index >= 15 is 0 Å². The molecule has 2 heterocycles. The molecule has 4 aliphatic rings. The molecule has 288 valence electrons. The molecule has 2 aliphatic heterocycles. The van der Waals surface area contributed by atoms with Crippen molar-refractivity contribution in [1.29, 1.82) is 0 Å². The van der Waals surface area contributed by atoms with Crippen molar-refractivity contribution in [2.45, 2.75) is 97.7 Å². The molecule has 0 amide bonds. The Morgan fingerprint density at radius 3 is 1.54 bits per heavy atom. The van der Waals surface area contributed by atoms with Gasteiger partial charge < -0.3 is 9.05 Å². The molecule has 20 heteroatoms. The quantitative estimate of drug-likeness (QED) is 0.0927. The molecule has 8 atom stereocenters. The summed E-state index contributed by atoms with van der Waals surface area (Å²) in [6.45, 7) is 15.7. The summed E-state index contributed by atoms with van der Waals surface area (Å²) in [7, 11) is 0. The van der Waals surface area contributed by atoms with Crippen LogP contribution in [-0.4, -0.2) is 21.7 Å². The number of hydrogen-bond donors (Lipinski definition) is 0. The van der Waals surface area contributed by atoms with Gasteiger partial charge in [-0.1, -0.05) is 47.1 Å². The van der Waals surface area contributed by atoms with E-state index in [4.69, 9.17) is 32.7 Å². The average Bonchev–Trinajstić information content (AvgIpc) is 3.51. The first-order valence-electron chi connectivity index (χ1n) is 15.7. The zero-order chi connectivity index (χ0) is 38.9. The summed E-state index contributed by atoms with van der Waals surface area (Å²) in [5, 5.41) is -0.00227. The minimum Gasteiger partial charge on any atom is -0.329 e. The van der Waals surface area contributed by atoms with Crippen LogP contribution in [0.25, 0.3) is 0 Å². The second-order valence-corrected chi connectivity index (χ2v) is 34.5. The molecule has 0 spiro atoms. The van der Waals surface area contributed by atoms with Gasteiger partial charge in [0.1, 0.15) is 0 Å². The lowest BCUT2D eigenvalue weighted by molar-refractivity contribution is 0.0696. The first-order chi connectivity index (χ1) is 23.9. The Morgan fingerprint density at radius 1 is 0.673 bits per heavy atom. The normalized spacial score (nSPS) is 34.0. The molecule has 2 aromatic rings. The van der Waals surface area contributed by atoms with Gasteiger partial charge in [0.25, 0.3) is 0 Å². The van der Waals surface area contributed by atoms with Gasteiger partial charge in [-0.05, 0) is 124 Å². The van der Waals surface area contributed by atoms with E-state index in [1.165, 1.54) is 22.8 Å². The van der Waals surface area contributed by atoms with Gasteiger partial charge in [0.05, 0.1) is 21.5 Å². The third-order valence-electron chi connectivity index (χ3n) is 9.63. The fraction of sp³-hybridized carbons (Fsp3) is 0.500. The molecule has 52 heavy (non-hydrogen) atoms. The fourth-order valence-corrected chi connectivity index (χ4v) is 29.2. The number of allylic oxidation sites excluding steroid dienone is 2. The fourth-order valence-electron chi connectivity index (χ4n) is 6.41. The van der Waals surface area contributed by atoms with Crippen molar-refractivity contribution in [3.8, 4) is 0 Å². The molecule has 0 aromatic heterocycles. The van der Waals surface area contributed by atoms with Crippen LogP contribution in [0.5, 0.6) is 0 Å². The molecule has 0 radical (unpaired) electrons. The van der Waals surface area contributed by atoms with Crippen LogP contribution in [0.3, 0.4) is 0 Å². The van der Waals surface area contributed by atoms with Crippen LogP contribution < -0.4 is 0 Å². The highest BCUT2D eigenvalue weighted by Crippen LogP contribution is 2.83. The van der Waals surface area contributed by atoms with E-state index in [2.05, 4.69) is 13.2 Å². The maximum Gasteiger partial charge on any atom is 0.200 e. The van der Waals surface area contributed by atoms with Crippen molar-refractivity contribution < 1.29 is 53.0 Å². The van der Waals surface area contributed by atoms with Gasteiger partial charge in [-0.2, -0.15) is 0 Å². The first kappa shape index (κ1) is 43.0. The van der Waals surface area contributed by atoms with E-state index in [-0.39, 0.29) is 22.0 Å². The number of rotatable bonds is 6. The van der Waals surface area contributed by atoms with Crippen LogP contribution in [0.15, 0.2) is 34.1 Å². The molecular formula is C32H32F10O2P2S6. The lowest BCUT2D eigenvalue weighted by atomic mass is 9.77. The first-order valence-corrected chi connectivity index (χ1v) is 26.8. The van der Waals surface area contributed by atoms with Gasteiger partial charge in [0, 0.05) is 10.00 Å². The number of benzene rings is 2. The summed E-state index contributed by atoms with van der Waals surface area (Å²) < 4.78 is 142. The van der Waals surface area contributed by atoms with Gasteiger partial charge in [-0.3, -0.25) is 0 Å². The van der Waals surface area contributed by atoms with Gasteiger partial charge in [-0.25, -0.2) is 43.9 Å². The highest BCUT2D eigenvalue weighted by Gasteiger charge is 2.54. The Balaban J connectivity index is 0.000000201. The third-order valence-corrected chi connectivity index (χ3v) is 27.5. The van der Waals surface area contributed by atoms with Gasteiger partial charge in [-0.15, -0.1) is 0 Å². The Labute approximate surface area is 321 Å². The molecule has 4 fully saturated rings. The van der Waals surface area contributed by atoms with Gasteiger partial charge in [0.15, 0.2) is 55.9 Å². The second kappa shape index (κ2) is 15.6. The van der Waals surface area contributed by atoms with Crippen molar-refractivity contribution in [3.05, 3.63) is 82.5 Å². The molecule has 0 N–H and O–H groups in total. The molecule has 2 nitrogen and oxygen atoms in total. The summed E-state index contributed by atoms with van der Waals surface area (Å²) in [5.41, 5.74) is 1.52. The van der Waals surface area contributed by atoms with Crippen LogP contribution >= 0.6 is 54.9 Å². The molecular weight excluding hydrogens is 861 g/mol. The lowest BCUT2D eigenvalue weighted by Gasteiger charge is -2.37. The standard InChI is InChI=1S/2C16H16F5OPS3/c1-7(2)8-4-5-16(3)9(6-8)25-23(24,22-16)26-15-13(20)11(18)10(17)12(19)14(15)21;1-7(2)8-4-5-16(3)9(6-8)22-23(24,26-16)25-15-13(20)11(18)10(17)12(19)14(15)21/h2*8-9H,1,4-6H2,2-3H3/t2*8-,9+,16+,23-/m11/s1. The zero-order valence-electron chi connectivity index (χ0n) is 27.9. The van der Waals surface area contributed by atoms with Crippen LogP contribution in [-0.2, 0) is 32.7 Å². The predicted molar refractivity (Wildman–Crippen MR) is 199 cm³/mol. The monoisotopic (exact) mass is 892 g/mol. The van der Waals surface area contributed by atoms with E-state index in [9.17, 15) is 43.9 Å². The highest BCUT2D eigenvalue weighted by molar-refractivity contribution is 9.00. The van der Waals surface area contributed by atoms with Crippen molar-refractivity contribution in [2.75, 3.05) is 0 Å². The number of fused-ring (bicyclic) bond motifs is 2. The Bertz CT molecular complexity index is 1740. The molecule has 0 bridgehead atoms. The summed E-state index contributed by atoms with van der Waals surface area (Å²) in [6, 6.07) is 0. The van der Waals surface area contributed by atoms with Crippen LogP contribution in [0.4, 0.5) is 43.9 Å². The third kappa shape index (κ3) is 8.28.